The van der Waals surface area contributed by atoms with E-state index in [1.54, 1.807) is 12.1 Å². The van der Waals surface area contributed by atoms with Crippen molar-refractivity contribution in [3.05, 3.63) is 65.7 Å². The molecule has 28 heavy (non-hydrogen) atoms. The maximum atomic E-state index is 13.3. The summed E-state index contributed by atoms with van der Waals surface area (Å²) in [5.41, 5.74) is 2.60. The standard InChI is InChI=1S/C21H23FN4O2/c1-13(20-24-16-5-2-3-6-17(16)25-20)23-21(27)26-19(18-7-4-12-28-18)14-8-10-15(22)11-9-14/h2-3,5-6,8-11,13,18-19H,4,7,12H2,1H3,(H,24,25)(H2,23,26,27). The average Bonchev–Trinajstić information content (AvgIpc) is 3.36. The van der Waals surface area contributed by atoms with Crippen molar-refractivity contribution in [1.29, 1.82) is 0 Å². The third kappa shape index (κ3) is 3.99. The first-order chi connectivity index (χ1) is 13.6. The maximum absolute atomic E-state index is 13.3. The van der Waals surface area contributed by atoms with Crippen LogP contribution in [0.25, 0.3) is 11.0 Å². The summed E-state index contributed by atoms with van der Waals surface area (Å²) in [6, 6.07) is 12.9. The Kier molecular flexibility index (Phi) is 5.25. The summed E-state index contributed by atoms with van der Waals surface area (Å²) in [6.07, 6.45) is 1.67. The molecule has 0 radical (unpaired) electrons. The van der Waals surface area contributed by atoms with E-state index in [4.69, 9.17) is 4.74 Å². The number of aromatic amines is 1. The number of halogens is 1. The Morgan fingerprint density at radius 1 is 1.21 bits per heavy atom. The highest BCUT2D eigenvalue weighted by molar-refractivity contribution is 5.76. The molecule has 0 bridgehead atoms. The quantitative estimate of drug-likeness (QED) is 0.624. The number of aromatic nitrogens is 2. The van der Waals surface area contributed by atoms with Gasteiger partial charge in [0.25, 0.3) is 0 Å². The van der Waals surface area contributed by atoms with Gasteiger partial charge in [0, 0.05) is 6.61 Å². The van der Waals surface area contributed by atoms with Crippen molar-refractivity contribution in [2.24, 2.45) is 0 Å². The number of hydrogen-bond acceptors (Lipinski definition) is 3. The number of carbonyl (C=O) groups excluding carboxylic acids is 1. The second-order valence-electron chi connectivity index (χ2n) is 7.06. The number of para-hydroxylation sites is 2. The molecule has 3 aromatic rings. The zero-order chi connectivity index (χ0) is 19.5. The van der Waals surface area contributed by atoms with Gasteiger partial charge in [-0.05, 0) is 49.6 Å². The molecule has 146 valence electrons. The van der Waals surface area contributed by atoms with E-state index in [0.717, 1.165) is 29.4 Å². The van der Waals surface area contributed by atoms with E-state index in [2.05, 4.69) is 20.6 Å². The highest BCUT2D eigenvalue weighted by Crippen LogP contribution is 2.27. The van der Waals surface area contributed by atoms with E-state index >= 15 is 0 Å². The minimum Gasteiger partial charge on any atom is -0.376 e. The van der Waals surface area contributed by atoms with Crippen LogP contribution in [0.3, 0.4) is 0 Å². The molecule has 2 amide bonds. The number of hydrogen-bond donors (Lipinski definition) is 3. The highest BCUT2D eigenvalue weighted by atomic mass is 19.1. The number of imidazole rings is 1. The highest BCUT2D eigenvalue weighted by Gasteiger charge is 2.29. The van der Waals surface area contributed by atoms with E-state index in [9.17, 15) is 9.18 Å². The Morgan fingerprint density at radius 3 is 2.71 bits per heavy atom. The molecule has 0 aliphatic carbocycles. The SMILES string of the molecule is CC(NC(=O)NC(c1ccc(F)cc1)C1CCCO1)c1nc2ccccc2[nH]1. The largest absolute Gasteiger partial charge is 0.376 e. The molecule has 1 saturated heterocycles. The second kappa shape index (κ2) is 7.98. The fourth-order valence-electron chi connectivity index (χ4n) is 3.55. The molecule has 2 heterocycles. The van der Waals surface area contributed by atoms with Crippen LogP contribution in [0.2, 0.25) is 0 Å². The summed E-state index contributed by atoms with van der Waals surface area (Å²) < 4.78 is 19.1. The van der Waals surface area contributed by atoms with Gasteiger partial charge in [0.1, 0.15) is 11.6 Å². The first-order valence-corrected chi connectivity index (χ1v) is 9.49. The summed E-state index contributed by atoms with van der Waals surface area (Å²) in [5, 5.41) is 5.91. The van der Waals surface area contributed by atoms with Gasteiger partial charge in [-0.15, -0.1) is 0 Å². The third-order valence-corrected chi connectivity index (χ3v) is 5.02. The molecule has 1 aromatic heterocycles. The molecule has 7 heteroatoms. The number of ether oxygens (including phenoxy) is 1. The van der Waals surface area contributed by atoms with E-state index in [1.807, 2.05) is 31.2 Å². The Balaban J connectivity index is 1.46. The Labute approximate surface area is 162 Å². The zero-order valence-corrected chi connectivity index (χ0v) is 15.6. The molecule has 2 aromatic carbocycles. The van der Waals surface area contributed by atoms with Gasteiger partial charge in [0.05, 0.1) is 29.2 Å². The van der Waals surface area contributed by atoms with E-state index in [1.165, 1.54) is 12.1 Å². The molecule has 3 N–H and O–H groups in total. The fourth-order valence-corrected chi connectivity index (χ4v) is 3.55. The monoisotopic (exact) mass is 382 g/mol. The number of amides is 2. The molecular formula is C21H23FN4O2. The van der Waals surface area contributed by atoms with Gasteiger partial charge in [-0.3, -0.25) is 0 Å². The summed E-state index contributed by atoms with van der Waals surface area (Å²) in [5.74, 6) is 0.379. The average molecular weight is 382 g/mol. The fraction of sp³-hybridized carbons (Fsp3) is 0.333. The lowest BCUT2D eigenvalue weighted by Crippen LogP contribution is -2.43. The van der Waals surface area contributed by atoms with Crippen LogP contribution < -0.4 is 10.6 Å². The van der Waals surface area contributed by atoms with Crippen molar-refractivity contribution in [1.82, 2.24) is 20.6 Å². The topological polar surface area (TPSA) is 79.0 Å². The first-order valence-electron chi connectivity index (χ1n) is 9.49. The summed E-state index contributed by atoms with van der Waals surface area (Å²) >= 11 is 0. The number of nitrogens with zero attached hydrogens (tertiary/aromatic N) is 1. The molecular weight excluding hydrogens is 359 g/mol. The summed E-state index contributed by atoms with van der Waals surface area (Å²) in [7, 11) is 0. The number of urea groups is 1. The minimum atomic E-state index is -0.342. The molecule has 1 fully saturated rings. The molecule has 6 nitrogen and oxygen atoms in total. The Bertz CT molecular complexity index is 917. The van der Waals surface area contributed by atoms with Crippen LogP contribution in [0, 0.1) is 5.82 Å². The van der Waals surface area contributed by atoms with E-state index in [0.29, 0.717) is 12.4 Å². The summed E-state index contributed by atoms with van der Waals surface area (Å²) in [4.78, 5) is 20.4. The van der Waals surface area contributed by atoms with Crippen LogP contribution >= 0.6 is 0 Å². The van der Waals surface area contributed by atoms with Crippen LogP contribution in [0.4, 0.5) is 9.18 Å². The Morgan fingerprint density at radius 2 is 2.00 bits per heavy atom. The van der Waals surface area contributed by atoms with Crippen LogP contribution in [-0.2, 0) is 4.74 Å². The van der Waals surface area contributed by atoms with Crippen molar-refractivity contribution in [3.8, 4) is 0 Å². The lowest BCUT2D eigenvalue weighted by atomic mass is 9.99. The van der Waals surface area contributed by atoms with Crippen molar-refractivity contribution >= 4 is 17.1 Å². The van der Waals surface area contributed by atoms with E-state index in [-0.39, 0.29) is 30.0 Å². The normalized spacial score (nSPS) is 18.7. The van der Waals surface area contributed by atoms with Crippen molar-refractivity contribution in [2.45, 2.75) is 38.0 Å². The predicted molar refractivity (Wildman–Crippen MR) is 104 cm³/mol. The predicted octanol–water partition coefficient (Wildman–Crippen LogP) is 3.98. The maximum Gasteiger partial charge on any atom is 0.315 e. The van der Waals surface area contributed by atoms with Gasteiger partial charge in [0.2, 0.25) is 0 Å². The number of fused-ring (bicyclic) bond motifs is 1. The van der Waals surface area contributed by atoms with Gasteiger partial charge in [-0.25, -0.2) is 14.2 Å². The number of benzene rings is 2. The molecule has 0 spiro atoms. The second-order valence-corrected chi connectivity index (χ2v) is 7.06. The van der Waals surface area contributed by atoms with Gasteiger partial charge in [0.15, 0.2) is 0 Å². The molecule has 4 rings (SSSR count). The van der Waals surface area contributed by atoms with Crippen LogP contribution in [0.1, 0.15) is 43.2 Å². The van der Waals surface area contributed by atoms with E-state index < -0.39 is 0 Å². The minimum absolute atomic E-state index is 0.127. The number of H-pyrrole nitrogens is 1. The van der Waals surface area contributed by atoms with Crippen LogP contribution in [-0.4, -0.2) is 28.7 Å². The van der Waals surface area contributed by atoms with Gasteiger partial charge in [-0.1, -0.05) is 24.3 Å². The number of nitrogens with one attached hydrogen (secondary N) is 3. The van der Waals surface area contributed by atoms with Crippen LogP contribution in [0.5, 0.6) is 0 Å². The molecule has 3 atom stereocenters. The van der Waals surface area contributed by atoms with Gasteiger partial charge < -0.3 is 20.4 Å². The lowest BCUT2D eigenvalue weighted by Gasteiger charge is -2.25. The number of rotatable bonds is 5. The van der Waals surface area contributed by atoms with Gasteiger partial charge in [-0.2, -0.15) is 0 Å². The van der Waals surface area contributed by atoms with Crippen molar-refractivity contribution in [2.75, 3.05) is 6.61 Å². The Hall–Kier alpha value is -2.93. The molecule has 0 saturated carbocycles. The van der Waals surface area contributed by atoms with Gasteiger partial charge >= 0.3 is 6.03 Å². The molecule has 1 aliphatic rings. The molecule has 3 unspecified atom stereocenters. The van der Waals surface area contributed by atoms with Crippen LogP contribution in [0.15, 0.2) is 48.5 Å². The third-order valence-electron chi connectivity index (χ3n) is 5.02. The zero-order valence-electron chi connectivity index (χ0n) is 15.6. The smallest absolute Gasteiger partial charge is 0.315 e. The summed E-state index contributed by atoms with van der Waals surface area (Å²) in [6.45, 7) is 2.54. The van der Waals surface area contributed by atoms with Crippen molar-refractivity contribution in [3.63, 3.8) is 0 Å². The molecule has 1 aliphatic heterocycles. The van der Waals surface area contributed by atoms with Crippen molar-refractivity contribution < 1.29 is 13.9 Å². The first kappa shape index (κ1) is 18.4. The lowest BCUT2D eigenvalue weighted by molar-refractivity contribution is 0.0805. The number of carbonyl (C=O) groups is 1.